The van der Waals surface area contributed by atoms with Crippen LogP contribution in [0.15, 0.2) is 41.4 Å². The maximum absolute atomic E-state index is 13.5. The summed E-state index contributed by atoms with van der Waals surface area (Å²) in [4.78, 5) is 17.4. The first-order chi connectivity index (χ1) is 12.2. The lowest BCUT2D eigenvalue weighted by Gasteiger charge is -2.26. The Labute approximate surface area is 150 Å². The van der Waals surface area contributed by atoms with Gasteiger partial charge in [-0.25, -0.2) is 14.2 Å². The molecule has 1 atom stereocenters. The highest BCUT2D eigenvalue weighted by molar-refractivity contribution is 7.99. The van der Waals surface area contributed by atoms with E-state index in [0.29, 0.717) is 19.0 Å². The Bertz CT molecular complexity index is 757. The number of ether oxygens (including phenoxy) is 1. The molecule has 0 fully saturated rings. The number of aromatic nitrogens is 1. The second-order valence-electron chi connectivity index (χ2n) is 5.60. The van der Waals surface area contributed by atoms with Gasteiger partial charge < -0.3 is 15.4 Å². The molecule has 7 heteroatoms. The number of pyridine rings is 1. The highest BCUT2D eigenvalue weighted by Gasteiger charge is 2.23. The summed E-state index contributed by atoms with van der Waals surface area (Å²) in [6.07, 6.45) is 2.42. The zero-order valence-electron chi connectivity index (χ0n) is 13.9. The van der Waals surface area contributed by atoms with E-state index in [2.05, 4.69) is 15.6 Å². The molecule has 2 amide bonds. The first kappa shape index (κ1) is 17.5. The van der Waals surface area contributed by atoms with Gasteiger partial charge in [-0.15, -0.1) is 11.8 Å². The van der Waals surface area contributed by atoms with Crippen LogP contribution in [0.2, 0.25) is 0 Å². The fraction of sp³-hybridized carbons (Fsp3) is 0.333. The van der Waals surface area contributed by atoms with Crippen LogP contribution < -0.4 is 15.4 Å². The molecule has 5 nitrogen and oxygen atoms in total. The fourth-order valence-electron chi connectivity index (χ4n) is 2.73. The summed E-state index contributed by atoms with van der Waals surface area (Å²) in [6.45, 7) is 2.71. The number of benzene rings is 1. The number of carbonyl (C=O) groups excluding carboxylic acids is 1. The van der Waals surface area contributed by atoms with Crippen molar-refractivity contribution in [1.29, 1.82) is 0 Å². The normalized spacial score (nSPS) is 16.0. The third-order valence-electron chi connectivity index (χ3n) is 3.89. The van der Waals surface area contributed by atoms with E-state index in [1.807, 2.05) is 13.0 Å². The summed E-state index contributed by atoms with van der Waals surface area (Å²) in [7, 11) is 0. The molecule has 1 aromatic carbocycles. The molecule has 0 saturated heterocycles. The van der Waals surface area contributed by atoms with Crippen molar-refractivity contribution in [2.24, 2.45) is 0 Å². The minimum Gasteiger partial charge on any atom is -0.478 e. The molecule has 25 heavy (non-hydrogen) atoms. The van der Waals surface area contributed by atoms with Gasteiger partial charge in [0.2, 0.25) is 5.88 Å². The summed E-state index contributed by atoms with van der Waals surface area (Å²) in [5, 5.41) is 5.75. The van der Waals surface area contributed by atoms with Gasteiger partial charge in [0, 0.05) is 29.0 Å². The second-order valence-corrected chi connectivity index (χ2v) is 6.74. The van der Waals surface area contributed by atoms with E-state index in [1.165, 1.54) is 12.1 Å². The van der Waals surface area contributed by atoms with Gasteiger partial charge in [0.15, 0.2) is 0 Å². The maximum atomic E-state index is 13.5. The smallest absolute Gasteiger partial charge is 0.315 e. The van der Waals surface area contributed by atoms with Crippen LogP contribution in [0.5, 0.6) is 5.88 Å². The van der Waals surface area contributed by atoms with E-state index in [9.17, 15) is 9.18 Å². The summed E-state index contributed by atoms with van der Waals surface area (Å²) in [5.41, 5.74) is 1.65. The molecule has 132 valence electrons. The van der Waals surface area contributed by atoms with E-state index in [1.54, 1.807) is 30.1 Å². The number of hydrogen-bond acceptors (Lipinski definition) is 4. The topological polar surface area (TPSA) is 63.2 Å². The lowest BCUT2D eigenvalue weighted by molar-refractivity contribution is 0.235. The summed E-state index contributed by atoms with van der Waals surface area (Å²) in [6, 6.07) is 7.90. The average molecular weight is 361 g/mol. The third kappa shape index (κ3) is 4.42. The molecule has 2 heterocycles. The van der Waals surface area contributed by atoms with Crippen LogP contribution in [-0.2, 0) is 6.54 Å². The van der Waals surface area contributed by atoms with Gasteiger partial charge in [0.05, 0.1) is 12.6 Å². The molecule has 2 aromatic rings. The highest BCUT2D eigenvalue weighted by Crippen LogP contribution is 2.36. The molecular formula is C18H20FN3O2S. The Kier molecular flexibility index (Phi) is 5.75. The highest BCUT2D eigenvalue weighted by atomic mass is 32.2. The van der Waals surface area contributed by atoms with E-state index < -0.39 is 0 Å². The molecule has 0 aliphatic carbocycles. The molecule has 3 rings (SSSR count). The second kappa shape index (κ2) is 8.20. The van der Waals surface area contributed by atoms with Crippen molar-refractivity contribution in [3.63, 3.8) is 0 Å². The van der Waals surface area contributed by atoms with E-state index >= 15 is 0 Å². The van der Waals surface area contributed by atoms with Crippen LogP contribution in [0.3, 0.4) is 0 Å². The number of amides is 2. The zero-order valence-corrected chi connectivity index (χ0v) is 14.7. The van der Waals surface area contributed by atoms with Gasteiger partial charge in [-0.1, -0.05) is 6.07 Å². The van der Waals surface area contributed by atoms with Crippen LogP contribution in [0.25, 0.3) is 0 Å². The number of urea groups is 1. The largest absolute Gasteiger partial charge is 0.478 e. The SMILES string of the molecule is CCOc1ncccc1CNC(=O)N[C@H]1CCSc2ccc(F)cc21. The van der Waals surface area contributed by atoms with Crippen LogP contribution in [0.1, 0.15) is 30.5 Å². The molecule has 1 aromatic heterocycles. The molecule has 2 N–H and O–H groups in total. The number of halogens is 1. The lowest BCUT2D eigenvalue weighted by atomic mass is 10.0. The lowest BCUT2D eigenvalue weighted by Crippen LogP contribution is -2.38. The Balaban J connectivity index is 1.62. The number of fused-ring (bicyclic) bond motifs is 1. The van der Waals surface area contributed by atoms with Crippen LogP contribution in [-0.4, -0.2) is 23.4 Å². The van der Waals surface area contributed by atoms with E-state index in [0.717, 1.165) is 28.2 Å². The summed E-state index contributed by atoms with van der Waals surface area (Å²) in [5.74, 6) is 1.12. The standard InChI is InChI=1S/C18H20FN3O2S/c1-2-24-17-12(4-3-8-20-17)11-21-18(23)22-15-7-9-25-16-6-5-13(19)10-14(15)16/h3-6,8,10,15H,2,7,9,11H2,1H3,(H2,21,22,23)/t15-/m0/s1. The minimum absolute atomic E-state index is 0.188. The van der Waals surface area contributed by atoms with Crippen molar-refractivity contribution in [3.8, 4) is 5.88 Å². The number of carbonyl (C=O) groups is 1. The van der Waals surface area contributed by atoms with Gasteiger partial charge in [-0.3, -0.25) is 0 Å². The maximum Gasteiger partial charge on any atom is 0.315 e. The fourth-order valence-corrected chi connectivity index (χ4v) is 3.83. The van der Waals surface area contributed by atoms with Gasteiger partial charge in [-0.05, 0) is 43.2 Å². The molecular weight excluding hydrogens is 341 g/mol. The first-order valence-corrected chi connectivity index (χ1v) is 9.19. The van der Waals surface area contributed by atoms with Crippen molar-refractivity contribution in [2.45, 2.75) is 30.8 Å². The molecule has 1 aliphatic heterocycles. The Morgan fingerprint density at radius 1 is 1.44 bits per heavy atom. The summed E-state index contributed by atoms with van der Waals surface area (Å²) < 4.78 is 19.0. The van der Waals surface area contributed by atoms with Crippen molar-refractivity contribution in [1.82, 2.24) is 15.6 Å². The van der Waals surface area contributed by atoms with Crippen molar-refractivity contribution in [2.75, 3.05) is 12.4 Å². The van der Waals surface area contributed by atoms with Crippen molar-refractivity contribution >= 4 is 17.8 Å². The summed E-state index contributed by atoms with van der Waals surface area (Å²) >= 11 is 1.68. The molecule has 0 radical (unpaired) electrons. The Morgan fingerprint density at radius 2 is 2.32 bits per heavy atom. The predicted molar refractivity (Wildman–Crippen MR) is 95.3 cm³/mol. The third-order valence-corrected chi connectivity index (χ3v) is 5.01. The van der Waals surface area contributed by atoms with Crippen LogP contribution >= 0.6 is 11.8 Å². The van der Waals surface area contributed by atoms with Gasteiger partial charge >= 0.3 is 6.03 Å². The van der Waals surface area contributed by atoms with E-state index in [-0.39, 0.29) is 17.9 Å². The monoisotopic (exact) mass is 361 g/mol. The van der Waals surface area contributed by atoms with E-state index in [4.69, 9.17) is 4.74 Å². The van der Waals surface area contributed by atoms with Gasteiger partial charge in [0.25, 0.3) is 0 Å². The van der Waals surface area contributed by atoms with Crippen LogP contribution in [0.4, 0.5) is 9.18 Å². The number of thioether (sulfide) groups is 1. The molecule has 0 spiro atoms. The Morgan fingerprint density at radius 3 is 3.16 bits per heavy atom. The van der Waals surface area contributed by atoms with Crippen molar-refractivity contribution < 1.29 is 13.9 Å². The zero-order chi connectivity index (χ0) is 17.6. The average Bonchev–Trinajstić information content (AvgIpc) is 2.62. The Hall–Kier alpha value is -2.28. The predicted octanol–water partition coefficient (Wildman–Crippen LogP) is 3.66. The molecule has 0 unspecified atom stereocenters. The van der Waals surface area contributed by atoms with Crippen LogP contribution in [0, 0.1) is 5.82 Å². The number of hydrogen-bond donors (Lipinski definition) is 2. The van der Waals surface area contributed by atoms with Crippen molar-refractivity contribution in [3.05, 3.63) is 53.5 Å². The first-order valence-electron chi connectivity index (χ1n) is 8.20. The van der Waals surface area contributed by atoms with Gasteiger partial charge in [-0.2, -0.15) is 0 Å². The minimum atomic E-state index is -0.293. The molecule has 0 bridgehead atoms. The van der Waals surface area contributed by atoms with Gasteiger partial charge in [0.1, 0.15) is 5.82 Å². The quantitative estimate of drug-likeness (QED) is 0.853. The number of rotatable bonds is 5. The molecule has 0 saturated carbocycles. The molecule has 1 aliphatic rings. The number of nitrogens with one attached hydrogen (secondary N) is 2. The number of nitrogens with zero attached hydrogens (tertiary/aromatic N) is 1.